The Balaban J connectivity index is 3.83. The van der Waals surface area contributed by atoms with Gasteiger partial charge in [-0.05, 0) is 19.3 Å². The number of hydrogen-bond acceptors (Lipinski definition) is 2. The molecule has 0 aromatic carbocycles. The van der Waals surface area contributed by atoms with Crippen molar-refractivity contribution in [2.75, 3.05) is 0 Å². The third-order valence-corrected chi connectivity index (χ3v) is 2.27. The molecule has 1 amide bonds. The van der Waals surface area contributed by atoms with Gasteiger partial charge in [-0.3, -0.25) is 4.79 Å². The summed E-state index contributed by atoms with van der Waals surface area (Å²) in [5, 5.41) is 2.94. The average molecular weight is 186 g/mol. The van der Waals surface area contributed by atoms with Gasteiger partial charge in [0, 0.05) is 6.04 Å². The van der Waals surface area contributed by atoms with Crippen molar-refractivity contribution in [3.63, 3.8) is 0 Å². The molecule has 3 nitrogen and oxygen atoms in total. The highest BCUT2D eigenvalue weighted by molar-refractivity contribution is 5.81. The highest BCUT2D eigenvalue weighted by atomic mass is 16.2. The van der Waals surface area contributed by atoms with Gasteiger partial charge in [-0.2, -0.15) is 0 Å². The molecule has 0 bridgehead atoms. The van der Waals surface area contributed by atoms with Crippen LogP contribution in [0.15, 0.2) is 0 Å². The summed E-state index contributed by atoms with van der Waals surface area (Å²) < 4.78 is 0. The topological polar surface area (TPSA) is 55.1 Å². The summed E-state index contributed by atoms with van der Waals surface area (Å²) in [6, 6.07) is -0.0407. The first-order valence-corrected chi connectivity index (χ1v) is 5.21. The van der Waals surface area contributed by atoms with Crippen molar-refractivity contribution in [1.29, 1.82) is 0 Å². The molecular formula is C10H22N2O. The molecule has 0 unspecified atom stereocenters. The van der Waals surface area contributed by atoms with Gasteiger partial charge in [0.25, 0.3) is 0 Å². The molecule has 1 atom stereocenters. The third-order valence-electron chi connectivity index (χ3n) is 2.27. The van der Waals surface area contributed by atoms with Crippen molar-refractivity contribution in [3.8, 4) is 0 Å². The first kappa shape index (κ1) is 12.4. The molecule has 0 heterocycles. The van der Waals surface area contributed by atoms with Gasteiger partial charge >= 0.3 is 0 Å². The van der Waals surface area contributed by atoms with E-state index in [2.05, 4.69) is 19.2 Å². The van der Waals surface area contributed by atoms with E-state index in [-0.39, 0.29) is 18.0 Å². The van der Waals surface area contributed by atoms with E-state index in [4.69, 9.17) is 5.73 Å². The monoisotopic (exact) mass is 186 g/mol. The molecule has 0 aliphatic rings. The zero-order valence-corrected chi connectivity index (χ0v) is 8.97. The molecule has 0 aliphatic carbocycles. The Hall–Kier alpha value is -0.570. The predicted molar refractivity (Wildman–Crippen MR) is 55.4 cm³/mol. The van der Waals surface area contributed by atoms with Crippen LogP contribution in [0.4, 0.5) is 0 Å². The number of nitrogens with two attached hydrogens (primary N) is 1. The minimum Gasteiger partial charge on any atom is -0.352 e. The van der Waals surface area contributed by atoms with Gasteiger partial charge in [0.15, 0.2) is 0 Å². The zero-order chi connectivity index (χ0) is 10.3. The van der Waals surface area contributed by atoms with Crippen LogP contribution < -0.4 is 11.1 Å². The normalized spacial score (nSPS) is 13.0. The number of amides is 1. The molecule has 0 aromatic rings. The summed E-state index contributed by atoms with van der Waals surface area (Å²) in [6.07, 6.45) is 3.67. The van der Waals surface area contributed by atoms with E-state index < -0.39 is 0 Å². The van der Waals surface area contributed by atoms with Crippen molar-refractivity contribution in [3.05, 3.63) is 0 Å². The van der Waals surface area contributed by atoms with Gasteiger partial charge in [0.1, 0.15) is 0 Å². The Morgan fingerprint density at radius 3 is 2.23 bits per heavy atom. The van der Waals surface area contributed by atoms with E-state index in [0.29, 0.717) is 0 Å². The Kier molecular flexibility index (Phi) is 6.59. The van der Waals surface area contributed by atoms with Crippen LogP contribution in [-0.4, -0.2) is 18.0 Å². The lowest BCUT2D eigenvalue weighted by Gasteiger charge is -2.17. The molecule has 0 rings (SSSR count). The van der Waals surface area contributed by atoms with Crippen LogP contribution in [0.1, 0.15) is 46.5 Å². The third kappa shape index (κ3) is 4.88. The van der Waals surface area contributed by atoms with Crippen molar-refractivity contribution in [2.24, 2.45) is 5.73 Å². The molecule has 0 saturated carbocycles. The summed E-state index contributed by atoms with van der Waals surface area (Å²) in [7, 11) is 0. The highest BCUT2D eigenvalue weighted by Gasteiger charge is 2.14. The minimum atomic E-state index is -0.328. The van der Waals surface area contributed by atoms with E-state index in [0.717, 1.165) is 25.7 Å². The van der Waals surface area contributed by atoms with Crippen molar-refractivity contribution < 1.29 is 4.79 Å². The van der Waals surface area contributed by atoms with E-state index in [1.54, 1.807) is 0 Å². The standard InChI is InChI=1S/C10H22N2O/c1-4-7-9(11)10(13)12-8(5-2)6-3/h8-9H,4-7,11H2,1-3H3,(H,12,13)/t9-/m0/s1. The van der Waals surface area contributed by atoms with E-state index in [1.165, 1.54) is 0 Å². The number of nitrogens with one attached hydrogen (secondary N) is 1. The summed E-state index contributed by atoms with van der Waals surface area (Å²) >= 11 is 0. The van der Waals surface area contributed by atoms with E-state index in [9.17, 15) is 4.79 Å². The van der Waals surface area contributed by atoms with Gasteiger partial charge in [0.2, 0.25) is 5.91 Å². The molecule has 0 aromatic heterocycles. The first-order valence-electron chi connectivity index (χ1n) is 5.21. The smallest absolute Gasteiger partial charge is 0.237 e. The van der Waals surface area contributed by atoms with Crippen LogP contribution in [0, 0.1) is 0 Å². The molecule has 78 valence electrons. The summed E-state index contributed by atoms with van der Waals surface area (Å²) in [4.78, 5) is 11.4. The molecule has 0 radical (unpaired) electrons. The van der Waals surface area contributed by atoms with Crippen molar-refractivity contribution in [1.82, 2.24) is 5.32 Å². The number of carbonyl (C=O) groups is 1. The van der Waals surface area contributed by atoms with Crippen LogP contribution >= 0.6 is 0 Å². The second-order valence-electron chi connectivity index (χ2n) is 3.42. The molecule has 3 heteroatoms. The fourth-order valence-corrected chi connectivity index (χ4v) is 1.24. The second-order valence-corrected chi connectivity index (χ2v) is 3.42. The largest absolute Gasteiger partial charge is 0.352 e. The Labute approximate surface area is 81.1 Å². The summed E-state index contributed by atoms with van der Waals surface area (Å²) in [5.74, 6) is -0.00412. The Bertz CT molecular complexity index is 144. The molecule has 0 saturated heterocycles. The van der Waals surface area contributed by atoms with Gasteiger partial charge in [-0.1, -0.05) is 27.2 Å². The van der Waals surface area contributed by atoms with Crippen LogP contribution in [-0.2, 0) is 4.79 Å². The van der Waals surface area contributed by atoms with Crippen LogP contribution in [0.5, 0.6) is 0 Å². The SMILES string of the molecule is CCC[C@H](N)C(=O)NC(CC)CC. The highest BCUT2D eigenvalue weighted by Crippen LogP contribution is 1.99. The quantitative estimate of drug-likeness (QED) is 0.659. The van der Waals surface area contributed by atoms with E-state index in [1.807, 2.05) is 6.92 Å². The maximum Gasteiger partial charge on any atom is 0.237 e. The van der Waals surface area contributed by atoms with Gasteiger partial charge in [-0.25, -0.2) is 0 Å². The minimum absolute atomic E-state index is 0.00412. The fraction of sp³-hybridized carbons (Fsp3) is 0.900. The van der Waals surface area contributed by atoms with Crippen LogP contribution in [0.3, 0.4) is 0 Å². The predicted octanol–water partition coefficient (Wildman–Crippen LogP) is 1.42. The molecule has 3 N–H and O–H groups in total. The fourth-order valence-electron chi connectivity index (χ4n) is 1.24. The Morgan fingerprint density at radius 2 is 1.85 bits per heavy atom. The lowest BCUT2D eigenvalue weighted by molar-refractivity contribution is -0.123. The van der Waals surface area contributed by atoms with Crippen LogP contribution in [0.2, 0.25) is 0 Å². The molecule has 13 heavy (non-hydrogen) atoms. The average Bonchev–Trinajstić information content (AvgIpc) is 2.14. The van der Waals surface area contributed by atoms with Gasteiger partial charge in [0.05, 0.1) is 6.04 Å². The maximum atomic E-state index is 11.4. The van der Waals surface area contributed by atoms with Gasteiger partial charge in [-0.15, -0.1) is 0 Å². The maximum absolute atomic E-state index is 11.4. The molecular weight excluding hydrogens is 164 g/mol. The summed E-state index contributed by atoms with van der Waals surface area (Å²) in [5.41, 5.74) is 5.67. The zero-order valence-electron chi connectivity index (χ0n) is 8.97. The lowest BCUT2D eigenvalue weighted by atomic mass is 10.1. The molecule has 0 aliphatic heterocycles. The van der Waals surface area contributed by atoms with Crippen LogP contribution in [0.25, 0.3) is 0 Å². The van der Waals surface area contributed by atoms with Crippen molar-refractivity contribution in [2.45, 2.75) is 58.5 Å². The second kappa shape index (κ2) is 6.89. The number of carbonyl (C=O) groups excluding carboxylic acids is 1. The van der Waals surface area contributed by atoms with E-state index >= 15 is 0 Å². The van der Waals surface area contributed by atoms with Crippen molar-refractivity contribution >= 4 is 5.91 Å². The number of rotatable bonds is 6. The lowest BCUT2D eigenvalue weighted by Crippen LogP contribution is -2.44. The van der Waals surface area contributed by atoms with Gasteiger partial charge < -0.3 is 11.1 Å². The summed E-state index contributed by atoms with van der Waals surface area (Å²) in [6.45, 7) is 6.17. The molecule has 0 spiro atoms. The first-order chi connectivity index (χ1) is 6.15. The molecule has 0 fully saturated rings. The number of hydrogen-bond donors (Lipinski definition) is 2. The Morgan fingerprint density at radius 1 is 1.31 bits per heavy atom.